The lowest BCUT2D eigenvalue weighted by Gasteiger charge is -2.06. The van der Waals surface area contributed by atoms with Crippen LogP contribution in [0.4, 0.5) is 0 Å². The highest BCUT2D eigenvalue weighted by molar-refractivity contribution is 7.07. The van der Waals surface area contributed by atoms with Gasteiger partial charge in [0.2, 0.25) is 0 Å². The second-order valence-electron chi connectivity index (χ2n) is 5.86. The molecule has 5 heteroatoms. The Morgan fingerprint density at radius 3 is 2.64 bits per heavy atom. The third-order valence-corrected chi connectivity index (χ3v) is 4.59. The fourth-order valence-electron chi connectivity index (χ4n) is 2.39. The summed E-state index contributed by atoms with van der Waals surface area (Å²) in [5.41, 5.74) is 3.41. The Balaban J connectivity index is 1.69. The number of para-hydroxylation sites is 1. The molecule has 2 aromatic carbocycles. The minimum absolute atomic E-state index is 0.0622. The van der Waals surface area contributed by atoms with Crippen molar-refractivity contribution in [2.75, 3.05) is 6.61 Å². The molecule has 1 heterocycles. The van der Waals surface area contributed by atoms with Gasteiger partial charge in [0, 0.05) is 18.1 Å². The van der Waals surface area contributed by atoms with E-state index in [0.29, 0.717) is 17.1 Å². The third kappa shape index (κ3) is 4.67. The molecule has 0 aliphatic carbocycles. The van der Waals surface area contributed by atoms with Crippen molar-refractivity contribution in [3.63, 3.8) is 0 Å². The number of rotatable bonds is 5. The van der Waals surface area contributed by atoms with E-state index in [4.69, 9.17) is 4.74 Å². The van der Waals surface area contributed by atoms with Crippen molar-refractivity contribution < 1.29 is 9.53 Å². The summed E-state index contributed by atoms with van der Waals surface area (Å²) in [6.45, 7) is 4.64. The van der Waals surface area contributed by atoms with Crippen LogP contribution in [0.1, 0.15) is 16.7 Å². The van der Waals surface area contributed by atoms with E-state index in [-0.39, 0.29) is 12.5 Å². The first kappa shape index (κ1) is 17.2. The zero-order valence-corrected chi connectivity index (χ0v) is 15.1. The van der Waals surface area contributed by atoms with E-state index in [1.54, 1.807) is 0 Å². The van der Waals surface area contributed by atoms with Gasteiger partial charge in [0.15, 0.2) is 11.4 Å². The van der Waals surface area contributed by atoms with Crippen LogP contribution in [0, 0.1) is 13.8 Å². The molecule has 0 fully saturated rings. The lowest BCUT2D eigenvalue weighted by molar-refractivity contribution is -0.120. The van der Waals surface area contributed by atoms with Gasteiger partial charge in [-0.3, -0.25) is 4.79 Å². The molecule has 0 saturated heterocycles. The highest BCUT2D eigenvalue weighted by atomic mass is 32.1. The van der Waals surface area contributed by atoms with E-state index >= 15 is 0 Å². The summed E-state index contributed by atoms with van der Waals surface area (Å²) in [4.78, 5) is 17.0. The first-order valence-corrected chi connectivity index (χ1v) is 8.95. The van der Waals surface area contributed by atoms with Gasteiger partial charge >= 0.3 is 0 Å². The molecule has 0 N–H and O–H groups in total. The number of benzene rings is 2. The van der Waals surface area contributed by atoms with Crippen molar-refractivity contribution in [3.05, 3.63) is 81.6 Å². The Labute approximate surface area is 151 Å². The van der Waals surface area contributed by atoms with E-state index < -0.39 is 0 Å². The number of ether oxygens (including phenoxy) is 1. The molecule has 0 atom stereocenters. The molecule has 3 rings (SSSR count). The van der Waals surface area contributed by atoms with Gasteiger partial charge in [-0.05, 0) is 31.0 Å². The van der Waals surface area contributed by atoms with Crippen molar-refractivity contribution in [2.45, 2.75) is 20.4 Å². The third-order valence-electron chi connectivity index (χ3n) is 3.80. The SMILES string of the molecule is Cc1ccc(Cn2ccsc2=NC(=O)COc2ccccc2C)cc1. The summed E-state index contributed by atoms with van der Waals surface area (Å²) in [6.07, 6.45) is 1.94. The highest BCUT2D eigenvalue weighted by Gasteiger charge is 2.05. The Morgan fingerprint density at radius 2 is 1.88 bits per heavy atom. The van der Waals surface area contributed by atoms with Crippen LogP contribution in [0.3, 0.4) is 0 Å². The van der Waals surface area contributed by atoms with Crippen LogP contribution in [-0.2, 0) is 11.3 Å². The van der Waals surface area contributed by atoms with E-state index in [1.807, 2.05) is 47.3 Å². The number of hydrogen-bond donors (Lipinski definition) is 0. The van der Waals surface area contributed by atoms with E-state index in [1.165, 1.54) is 22.5 Å². The van der Waals surface area contributed by atoms with Gasteiger partial charge in [-0.25, -0.2) is 0 Å². The molecule has 25 heavy (non-hydrogen) atoms. The molecule has 1 amide bonds. The van der Waals surface area contributed by atoms with Crippen molar-refractivity contribution in [1.82, 2.24) is 4.57 Å². The molecular weight excluding hydrogens is 332 g/mol. The Hall–Kier alpha value is -2.66. The average Bonchev–Trinajstić information content (AvgIpc) is 3.03. The van der Waals surface area contributed by atoms with Crippen molar-refractivity contribution in [1.29, 1.82) is 0 Å². The molecular formula is C20H20N2O2S. The topological polar surface area (TPSA) is 43.6 Å². The normalized spacial score (nSPS) is 11.5. The van der Waals surface area contributed by atoms with Crippen LogP contribution in [0.25, 0.3) is 0 Å². The van der Waals surface area contributed by atoms with Crippen LogP contribution < -0.4 is 9.54 Å². The van der Waals surface area contributed by atoms with Gasteiger partial charge in [-0.15, -0.1) is 11.3 Å². The first-order valence-electron chi connectivity index (χ1n) is 8.07. The number of hydrogen-bond acceptors (Lipinski definition) is 3. The number of carbonyl (C=O) groups is 1. The zero-order valence-electron chi connectivity index (χ0n) is 14.3. The Bertz CT molecular complexity index is 923. The number of aromatic nitrogens is 1. The minimum atomic E-state index is -0.289. The smallest absolute Gasteiger partial charge is 0.286 e. The summed E-state index contributed by atoms with van der Waals surface area (Å²) in [5.74, 6) is 0.424. The summed E-state index contributed by atoms with van der Waals surface area (Å²) in [5, 5.41) is 1.93. The van der Waals surface area contributed by atoms with Crippen molar-refractivity contribution in [2.24, 2.45) is 4.99 Å². The van der Waals surface area contributed by atoms with Crippen molar-refractivity contribution >= 4 is 17.2 Å². The number of amides is 1. The Kier molecular flexibility index (Phi) is 5.46. The molecule has 0 aliphatic heterocycles. The second kappa shape index (κ2) is 7.94. The lowest BCUT2D eigenvalue weighted by Crippen LogP contribution is -2.19. The van der Waals surface area contributed by atoms with Crippen LogP contribution in [0.2, 0.25) is 0 Å². The maximum absolute atomic E-state index is 12.1. The van der Waals surface area contributed by atoms with E-state index in [9.17, 15) is 4.79 Å². The van der Waals surface area contributed by atoms with Crippen LogP contribution in [0.15, 0.2) is 65.1 Å². The Morgan fingerprint density at radius 1 is 1.12 bits per heavy atom. The van der Waals surface area contributed by atoms with Gasteiger partial charge in [0.05, 0.1) is 0 Å². The zero-order chi connectivity index (χ0) is 17.6. The summed E-state index contributed by atoms with van der Waals surface area (Å²) < 4.78 is 7.54. The average molecular weight is 352 g/mol. The number of nitrogens with zero attached hydrogens (tertiary/aromatic N) is 2. The number of aryl methyl sites for hydroxylation is 2. The first-order chi connectivity index (χ1) is 12.1. The van der Waals surface area contributed by atoms with Crippen molar-refractivity contribution in [3.8, 4) is 5.75 Å². The summed E-state index contributed by atoms with van der Waals surface area (Å²) in [7, 11) is 0. The lowest BCUT2D eigenvalue weighted by atomic mass is 10.1. The van der Waals surface area contributed by atoms with Gasteiger partial charge < -0.3 is 9.30 Å². The fourth-order valence-corrected chi connectivity index (χ4v) is 3.14. The number of thiazole rings is 1. The molecule has 0 saturated carbocycles. The second-order valence-corrected chi connectivity index (χ2v) is 6.73. The van der Waals surface area contributed by atoms with E-state index in [2.05, 4.69) is 36.2 Å². The largest absolute Gasteiger partial charge is 0.483 e. The molecule has 0 spiro atoms. The van der Waals surface area contributed by atoms with Gasteiger partial charge in [-0.2, -0.15) is 4.99 Å². The molecule has 0 unspecified atom stereocenters. The predicted molar refractivity (Wildman–Crippen MR) is 99.8 cm³/mol. The molecule has 0 bridgehead atoms. The van der Waals surface area contributed by atoms with Gasteiger partial charge in [0.1, 0.15) is 5.75 Å². The predicted octanol–water partition coefficient (Wildman–Crippen LogP) is 3.72. The highest BCUT2D eigenvalue weighted by Crippen LogP contribution is 2.15. The fraction of sp³-hybridized carbons (Fsp3) is 0.200. The molecule has 3 aromatic rings. The molecule has 4 nitrogen and oxygen atoms in total. The summed E-state index contributed by atoms with van der Waals surface area (Å²) >= 11 is 1.45. The number of carbonyl (C=O) groups excluding carboxylic acids is 1. The van der Waals surface area contributed by atoms with Gasteiger partial charge in [-0.1, -0.05) is 48.0 Å². The minimum Gasteiger partial charge on any atom is -0.483 e. The van der Waals surface area contributed by atoms with Crippen LogP contribution in [0.5, 0.6) is 5.75 Å². The van der Waals surface area contributed by atoms with Gasteiger partial charge in [0.25, 0.3) is 5.91 Å². The molecule has 128 valence electrons. The monoisotopic (exact) mass is 352 g/mol. The van der Waals surface area contributed by atoms with E-state index in [0.717, 1.165) is 5.56 Å². The summed E-state index contributed by atoms with van der Waals surface area (Å²) in [6, 6.07) is 16.0. The standard InChI is InChI=1S/C20H20N2O2S/c1-15-7-9-17(10-8-15)13-22-11-12-25-20(22)21-19(23)14-24-18-6-4-3-5-16(18)2/h3-12H,13-14H2,1-2H3. The quantitative estimate of drug-likeness (QED) is 0.702. The van der Waals surface area contributed by atoms with Crippen LogP contribution >= 0.6 is 11.3 Å². The molecule has 0 radical (unpaired) electrons. The molecule has 0 aliphatic rings. The maximum Gasteiger partial charge on any atom is 0.286 e. The maximum atomic E-state index is 12.1. The molecule has 1 aromatic heterocycles. The van der Waals surface area contributed by atoms with Crippen LogP contribution in [-0.4, -0.2) is 17.1 Å².